The smallest absolute Gasteiger partial charge is 0.341 e. The molecule has 0 atom stereocenters. The highest BCUT2D eigenvalue weighted by atomic mass is 16.5. The second kappa shape index (κ2) is 15.9. The molecule has 0 aromatic heterocycles. The molecule has 0 aliphatic heterocycles. The molecule has 0 spiro atoms. The lowest BCUT2D eigenvalue weighted by Gasteiger charge is -2.38. The standard InChI is InChI=1S/C41H46O5/c1-4-6-7-29-8-10-30(11-9-29)31-12-14-34(15-13-31)39-26-35(32-16-21-36(22-17-32)45-40(43)5-2)20-25-38(39)33-18-23-37(24-19-33)46-41(44)28(3)27-42/h4-5,16-26,29-31,34,42H,1-3,6-15,27H2. The van der Waals surface area contributed by atoms with Crippen molar-refractivity contribution >= 4 is 11.9 Å². The van der Waals surface area contributed by atoms with Crippen molar-refractivity contribution in [3.8, 4) is 33.8 Å². The van der Waals surface area contributed by atoms with E-state index in [4.69, 9.17) is 9.47 Å². The number of aliphatic hydroxyl groups excluding tert-OH is 1. The first-order valence-corrected chi connectivity index (χ1v) is 16.7. The van der Waals surface area contributed by atoms with E-state index in [1.165, 1.54) is 68.9 Å². The van der Waals surface area contributed by atoms with Crippen LogP contribution in [0.15, 0.2) is 104 Å². The number of esters is 2. The summed E-state index contributed by atoms with van der Waals surface area (Å²) in [6.07, 6.45) is 16.0. The van der Waals surface area contributed by atoms with Crippen LogP contribution in [-0.4, -0.2) is 23.7 Å². The van der Waals surface area contributed by atoms with E-state index in [2.05, 4.69) is 44.0 Å². The van der Waals surface area contributed by atoms with Crippen molar-refractivity contribution in [3.63, 3.8) is 0 Å². The molecule has 2 aliphatic rings. The van der Waals surface area contributed by atoms with E-state index in [1.54, 1.807) is 12.1 Å². The van der Waals surface area contributed by atoms with Gasteiger partial charge in [0, 0.05) is 6.08 Å². The number of benzene rings is 3. The fourth-order valence-electron chi connectivity index (χ4n) is 7.37. The van der Waals surface area contributed by atoms with Gasteiger partial charge in [0.15, 0.2) is 0 Å². The number of ether oxygens (including phenoxy) is 2. The second-order valence-corrected chi connectivity index (χ2v) is 12.9. The fourth-order valence-corrected chi connectivity index (χ4v) is 7.37. The molecule has 0 saturated heterocycles. The summed E-state index contributed by atoms with van der Waals surface area (Å²) < 4.78 is 10.7. The minimum Gasteiger partial charge on any atom is -0.423 e. The molecule has 2 saturated carbocycles. The Morgan fingerprint density at radius 1 is 0.739 bits per heavy atom. The Morgan fingerprint density at radius 2 is 1.30 bits per heavy atom. The van der Waals surface area contributed by atoms with E-state index in [0.717, 1.165) is 46.9 Å². The summed E-state index contributed by atoms with van der Waals surface area (Å²) in [5, 5.41) is 9.20. The molecule has 3 aromatic rings. The van der Waals surface area contributed by atoms with E-state index >= 15 is 0 Å². The van der Waals surface area contributed by atoms with Crippen LogP contribution in [-0.2, 0) is 9.59 Å². The van der Waals surface area contributed by atoms with Gasteiger partial charge >= 0.3 is 11.9 Å². The maximum atomic E-state index is 12.1. The first-order chi connectivity index (χ1) is 22.4. The van der Waals surface area contributed by atoms with Crippen LogP contribution in [0.25, 0.3) is 22.3 Å². The lowest BCUT2D eigenvalue weighted by Crippen LogP contribution is -2.25. The summed E-state index contributed by atoms with van der Waals surface area (Å²) in [6, 6.07) is 21.8. The quantitative estimate of drug-likeness (QED) is 0.0947. The highest BCUT2D eigenvalue weighted by Crippen LogP contribution is 2.47. The summed E-state index contributed by atoms with van der Waals surface area (Å²) in [7, 11) is 0. The Balaban J connectivity index is 1.35. The van der Waals surface area contributed by atoms with Crippen LogP contribution in [0.4, 0.5) is 0 Å². The van der Waals surface area contributed by atoms with Crippen LogP contribution >= 0.6 is 0 Å². The normalized spacial score (nSPS) is 21.2. The molecule has 2 aliphatic carbocycles. The van der Waals surface area contributed by atoms with Gasteiger partial charge in [-0.2, -0.15) is 0 Å². The zero-order valence-corrected chi connectivity index (χ0v) is 26.8. The summed E-state index contributed by atoms with van der Waals surface area (Å²) in [5.74, 6) is 2.80. The molecular weight excluding hydrogens is 572 g/mol. The molecule has 46 heavy (non-hydrogen) atoms. The number of hydrogen-bond acceptors (Lipinski definition) is 5. The van der Waals surface area contributed by atoms with Crippen LogP contribution in [0.1, 0.15) is 75.7 Å². The molecular formula is C41H46O5. The molecule has 1 N–H and O–H groups in total. The van der Waals surface area contributed by atoms with Crippen LogP contribution in [0, 0.1) is 17.8 Å². The number of carbonyl (C=O) groups excluding carboxylic acids is 2. The predicted molar refractivity (Wildman–Crippen MR) is 185 cm³/mol. The van der Waals surface area contributed by atoms with Crippen LogP contribution in [0.3, 0.4) is 0 Å². The minimum atomic E-state index is -0.632. The van der Waals surface area contributed by atoms with Gasteiger partial charge in [-0.1, -0.05) is 74.5 Å². The van der Waals surface area contributed by atoms with Gasteiger partial charge in [0.05, 0.1) is 12.2 Å². The maximum Gasteiger partial charge on any atom is 0.341 e. The third-order valence-corrected chi connectivity index (χ3v) is 10.0. The zero-order chi connectivity index (χ0) is 32.5. The van der Waals surface area contributed by atoms with Crippen molar-refractivity contribution in [2.75, 3.05) is 6.61 Å². The van der Waals surface area contributed by atoms with Crippen molar-refractivity contribution in [1.29, 1.82) is 0 Å². The summed E-state index contributed by atoms with van der Waals surface area (Å²) in [6.45, 7) is 10.5. The summed E-state index contributed by atoms with van der Waals surface area (Å²) in [4.78, 5) is 23.7. The third kappa shape index (κ3) is 8.32. The Labute approximate surface area is 273 Å². The van der Waals surface area contributed by atoms with Crippen molar-refractivity contribution in [2.45, 2.75) is 70.1 Å². The Kier molecular flexibility index (Phi) is 11.4. The van der Waals surface area contributed by atoms with E-state index in [0.29, 0.717) is 17.4 Å². The number of allylic oxidation sites excluding steroid dienone is 1. The summed E-state index contributed by atoms with van der Waals surface area (Å²) >= 11 is 0. The predicted octanol–water partition coefficient (Wildman–Crippen LogP) is 9.61. The van der Waals surface area contributed by atoms with Crippen molar-refractivity contribution in [2.24, 2.45) is 17.8 Å². The molecule has 240 valence electrons. The maximum absolute atomic E-state index is 12.1. The van der Waals surface area contributed by atoms with Gasteiger partial charge in [0.25, 0.3) is 0 Å². The lowest BCUT2D eigenvalue weighted by molar-refractivity contribution is -0.131. The molecule has 0 unspecified atom stereocenters. The molecule has 3 aromatic carbocycles. The SMILES string of the molecule is C=CCCC1CCC(C2CCC(c3cc(-c4ccc(OC(=O)C=C)cc4)ccc3-c3ccc(OC(=O)C(=C)CO)cc3)CC2)CC1. The highest BCUT2D eigenvalue weighted by Gasteiger charge is 2.32. The van der Waals surface area contributed by atoms with Crippen molar-refractivity contribution in [3.05, 3.63) is 110 Å². The molecule has 0 radical (unpaired) electrons. The van der Waals surface area contributed by atoms with Crippen LogP contribution in [0.5, 0.6) is 11.5 Å². The summed E-state index contributed by atoms with van der Waals surface area (Å²) in [5.41, 5.74) is 5.78. The van der Waals surface area contributed by atoms with Gasteiger partial charge in [-0.3, -0.25) is 0 Å². The van der Waals surface area contributed by atoms with E-state index < -0.39 is 18.5 Å². The monoisotopic (exact) mass is 618 g/mol. The topological polar surface area (TPSA) is 72.8 Å². The van der Waals surface area contributed by atoms with E-state index in [9.17, 15) is 14.7 Å². The number of rotatable bonds is 12. The Hall–Kier alpha value is -4.22. The molecule has 5 rings (SSSR count). The largest absolute Gasteiger partial charge is 0.423 e. The van der Waals surface area contributed by atoms with Gasteiger partial charge in [-0.25, -0.2) is 9.59 Å². The highest BCUT2D eigenvalue weighted by molar-refractivity contribution is 5.89. The van der Waals surface area contributed by atoms with Crippen LogP contribution < -0.4 is 9.47 Å². The Bertz CT molecular complexity index is 1520. The first kappa shape index (κ1) is 33.2. The molecule has 0 bridgehead atoms. The fraction of sp³-hybridized carbons (Fsp3) is 0.366. The van der Waals surface area contributed by atoms with Gasteiger partial charge in [-0.05, 0) is 127 Å². The molecule has 0 amide bonds. The van der Waals surface area contributed by atoms with Crippen molar-refractivity contribution < 1.29 is 24.2 Å². The van der Waals surface area contributed by atoms with E-state index in [1.807, 2.05) is 36.4 Å². The minimum absolute atomic E-state index is 0.0187. The molecule has 5 heteroatoms. The van der Waals surface area contributed by atoms with Gasteiger partial charge < -0.3 is 14.6 Å². The van der Waals surface area contributed by atoms with Crippen LogP contribution in [0.2, 0.25) is 0 Å². The molecule has 5 nitrogen and oxygen atoms in total. The van der Waals surface area contributed by atoms with E-state index in [-0.39, 0.29) is 5.57 Å². The zero-order valence-electron chi connectivity index (χ0n) is 26.8. The average Bonchev–Trinajstić information content (AvgIpc) is 3.11. The van der Waals surface area contributed by atoms with Crippen molar-refractivity contribution in [1.82, 2.24) is 0 Å². The first-order valence-electron chi connectivity index (χ1n) is 16.7. The number of carbonyl (C=O) groups is 2. The third-order valence-electron chi connectivity index (χ3n) is 10.0. The second-order valence-electron chi connectivity index (χ2n) is 12.9. The molecule has 0 heterocycles. The van der Waals surface area contributed by atoms with Gasteiger partial charge in [0.1, 0.15) is 11.5 Å². The Morgan fingerprint density at radius 3 is 1.89 bits per heavy atom. The number of aliphatic hydroxyl groups is 1. The number of hydrogen-bond donors (Lipinski definition) is 1. The lowest BCUT2D eigenvalue weighted by atomic mass is 9.67. The molecule has 2 fully saturated rings. The van der Waals surface area contributed by atoms with Gasteiger partial charge in [-0.15, -0.1) is 6.58 Å². The van der Waals surface area contributed by atoms with Gasteiger partial charge in [0.2, 0.25) is 0 Å². The average molecular weight is 619 g/mol.